The topological polar surface area (TPSA) is 38.9 Å². The maximum atomic E-state index is 6.13. The van der Waals surface area contributed by atoms with Crippen LogP contribution in [0.3, 0.4) is 0 Å². The lowest BCUT2D eigenvalue weighted by molar-refractivity contribution is 0.720. The molecule has 2 aromatic rings. The zero-order valence-corrected chi connectivity index (χ0v) is 13.4. The van der Waals surface area contributed by atoms with Crippen LogP contribution in [0, 0.1) is 6.92 Å². The highest BCUT2D eigenvalue weighted by molar-refractivity contribution is 9.10. The average molecular weight is 337 g/mol. The van der Waals surface area contributed by atoms with Gasteiger partial charge in [0.2, 0.25) is 0 Å². The van der Waals surface area contributed by atoms with Crippen molar-refractivity contribution < 1.29 is 0 Å². The van der Waals surface area contributed by atoms with Gasteiger partial charge in [-0.05, 0) is 47.5 Å². The third-order valence-electron chi connectivity index (χ3n) is 2.83. The van der Waals surface area contributed by atoms with Crippen LogP contribution in [0.25, 0.3) is 0 Å². The first-order valence-electron chi connectivity index (χ1n) is 6.16. The largest absolute Gasteiger partial charge is 0.327 e. The summed E-state index contributed by atoms with van der Waals surface area (Å²) in [7, 11) is 0. The summed E-state index contributed by atoms with van der Waals surface area (Å²) < 4.78 is 0.990. The van der Waals surface area contributed by atoms with Gasteiger partial charge in [-0.25, -0.2) is 4.98 Å². The molecule has 0 aliphatic carbocycles. The van der Waals surface area contributed by atoms with Crippen molar-refractivity contribution in [3.63, 3.8) is 0 Å². The van der Waals surface area contributed by atoms with E-state index in [0.717, 1.165) is 9.50 Å². The van der Waals surface area contributed by atoms with E-state index >= 15 is 0 Å². The Hall–Kier alpha value is -0.840. The molecule has 2 N–H and O–H groups in total. The minimum Gasteiger partial charge on any atom is -0.327 e. The molecule has 0 saturated carbocycles. The number of thioether (sulfide) groups is 1. The molecule has 0 spiro atoms. The number of aryl methyl sites for hydroxylation is 1. The highest BCUT2D eigenvalue weighted by Gasteiger charge is 2.18. The van der Waals surface area contributed by atoms with E-state index in [1.54, 1.807) is 11.8 Å². The lowest BCUT2D eigenvalue weighted by Gasteiger charge is -2.20. The van der Waals surface area contributed by atoms with Crippen LogP contribution >= 0.6 is 27.7 Å². The first-order chi connectivity index (χ1) is 9.06. The van der Waals surface area contributed by atoms with Gasteiger partial charge >= 0.3 is 0 Å². The zero-order chi connectivity index (χ0) is 13.8. The smallest absolute Gasteiger partial charge is 0.0967 e. The number of pyridine rings is 1. The lowest BCUT2D eigenvalue weighted by atomic mass is 10.1. The molecular weight excluding hydrogens is 320 g/mol. The van der Waals surface area contributed by atoms with Crippen LogP contribution < -0.4 is 5.73 Å². The van der Waals surface area contributed by atoms with E-state index < -0.39 is 0 Å². The normalized spacial score (nSPS) is 14.1. The van der Waals surface area contributed by atoms with Crippen LogP contribution in [0.15, 0.2) is 52.1 Å². The van der Waals surface area contributed by atoms with Crippen molar-refractivity contribution in [1.29, 1.82) is 0 Å². The Labute approximate surface area is 126 Å². The lowest BCUT2D eigenvalue weighted by Crippen LogP contribution is -2.22. The predicted molar refractivity (Wildman–Crippen MR) is 85.4 cm³/mol. The SMILES string of the molecule is Cc1ccc(C(Sc2ccc(Br)cn2)C(C)N)cc1. The summed E-state index contributed by atoms with van der Waals surface area (Å²) in [4.78, 5) is 4.40. The molecule has 0 radical (unpaired) electrons. The molecule has 1 aromatic heterocycles. The van der Waals surface area contributed by atoms with Crippen LogP contribution in [0.4, 0.5) is 0 Å². The van der Waals surface area contributed by atoms with E-state index in [9.17, 15) is 0 Å². The molecule has 0 bridgehead atoms. The van der Waals surface area contributed by atoms with E-state index in [4.69, 9.17) is 5.73 Å². The van der Waals surface area contributed by atoms with Crippen LogP contribution in [-0.4, -0.2) is 11.0 Å². The minimum absolute atomic E-state index is 0.0677. The molecular formula is C15H17BrN2S. The second-order valence-electron chi connectivity index (χ2n) is 4.62. The van der Waals surface area contributed by atoms with Crippen molar-refractivity contribution in [2.45, 2.75) is 30.2 Å². The van der Waals surface area contributed by atoms with Gasteiger partial charge in [0.25, 0.3) is 0 Å². The number of benzene rings is 1. The van der Waals surface area contributed by atoms with E-state index in [1.807, 2.05) is 25.3 Å². The fraction of sp³-hybridized carbons (Fsp3) is 0.267. The average Bonchev–Trinajstić information content (AvgIpc) is 2.39. The van der Waals surface area contributed by atoms with Gasteiger partial charge in [0.1, 0.15) is 0 Å². The number of halogens is 1. The van der Waals surface area contributed by atoms with Gasteiger partial charge in [0.05, 0.1) is 10.3 Å². The number of aromatic nitrogens is 1. The highest BCUT2D eigenvalue weighted by atomic mass is 79.9. The van der Waals surface area contributed by atoms with Gasteiger partial charge in [0, 0.05) is 16.7 Å². The number of rotatable bonds is 4. The Morgan fingerprint density at radius 1 is 1.16 bits per heavy atom. The summed E-state index contributed by atoms with van der Waals surface area (Å²) in [5.74, 6) is 0. The molecule has 2 rings (SSSR count). The first kappa shape index (κ1) is 14.6. The van der Waals surface area contributed by atoms with Crippen LogP contribution in [0.2, 0.25) is 0 Å². The Bertz CT molecular complexity index is 523. The molecule has 1 aromatic carbocycles. The Kier molecular flexibility index (Phi) is 5.02. The first-order valence-corrected chi connectivity index (χ1v) is 7.84. The second kappa shape index (κ2) is 6.55. The van der Waals surface area contributed by atoms with E-state index in [0.29, 0.717) is 0 Å². The second-order valence-corrected chi connectivity index (χ2v) is 6.70. The standard InChI is InChI=1S/C15H17BrN2S/c1-10-3-5-12(6-4-10)15(11(2)17)19-14-8-7-13(16)9-18-14/h3-9,11,15H,17H2,1-2H3. The van der Waals surface area contributed by atoms with Gasteiger partial charge in [-0.3, -0.25) is 0 Å². The van der Waals surface area contributed by atoms with Crippen molar-refractivity contribution in [1.82, 2.24) is 4.98 Å². The maximum Gasteiger partial charge on any atom is 0.0967 e. The molecule has 4 heteroatoms. The molecule has 19 heavy (non-hydrogen) atoms. The molecule has 2 unspecified atom stereocenters. The van der Waals surface area contributed by atoms with Crippen molar-refractivity contribution in [3.05, 3.63) is 58.2 Å². The maximum absolute atomic E-state index is 6.13. The summed E-state index contributed by atoms with van der Waals surface area (Å²) in [5.41, 5.74) is 8.64. The highest BCUT2D eigenvalue weighted by Crippen LogP contribution is 2.36. The van der Waals surface area contributed by atoms with Gasteiger partial charge in [-0.15, -0.1) is 0 Å². The van der Waals surface area contributed by atoms with Gasteiger partial charge < -0.3 is 5.73 Å². The van der Waals surface area contributed by atoms with Gasteiger partial charge in [0.15, 0.2) is 0 Å². The summed E-state index contributed by atoms with van der Waals surface area (Å²) in [6.07, 6.45) is 1.82. The zero-order valence-electron chi connectivity index (χ0n) is 11.0. The molecule has 0 aliphatic heterocycles. The minimum atomic E-state index is 0.0677. The summed E-state index contributed by atoms with van der Waals surface area (Å²) in [6.45, 7) is 4.13. The molecule has 100 valence electrons. The quantitative estimate of drug-likeness (QED) is 0.844. The van der Waals surface area contributed by atoms with Crippen molar-refractivity contribution in [2.75, 3.05) is 0 Å². The van der Waals surface area contributed by atoms with E-state index in [2.05, 4.69) is 52.1 Å². The number of nitrogens with zero attached hydrogens (tertiary/aromatic N) is 1. The summed E-state index contributed by atoms with van der Waals surface area (Å²) in [6, 6.07) is 12.6. The molecule has 0 aliphatic rings. The molecule has 2 atom stereocenters. The van der Waals surface area contributed by atoms with Crippen molar-refractivity contribution in [2.24, 2.45) is 5.73 Å². The third-order valence-corrected chi connectivity index (χ3v) is 4.74. The number of hydrogen-bond acceptors (Lipinski definition) is 3. The number of nitrogens with two attached hydrogens (primary N) is 1. The fourth-order valence-corrected chi connectivity index (χ4v) is 3.06. The number of hydrogen-bond donors (Lipinski definition) is 1. The molecule has 0 saturated heterocycles. The Balaban J connectivity index is 2.21. The third kappa shape index (κ3) is 4.06. The molecule has 2 nitrogen and oxygen atoms in total. The van der Waals surface area contributed by atoms with E-state index in [1.165, 1.54) is 11.1 Å². The van der Waals surface area contributed by atoms with Crippen LogP contribution in [0.1, 0.15) is 23.3 Å². The molecule has 1 heterocycles. The van der Waals surface area contributed by atoms with Crippen LogP contribution in [-0.2, 0) is 0 Å². The Morgan fingerprint density at radius 2 is 1.84 bits per heavy atom. The van der Waals surface area contributed by atoms with Crippen molar-refractivity contribution in [3.8, 4) is 0 Å². The fourth-order valence-electron chi connectivity index (χ4n) is 1.80. The predicted octanol–water partition coefficient (Wildman–Crippen LogP) is 4.33. The van der Waals surface area contributed by atoms with E-state index in [-0.39, 0.29) is 11.3 Å². The van der Waals surface area contributed by atoms with Crippen LogP contribution in [0.5, 0.6) is 0 Å². The summed E-state index contributed by atoms with van der Waals surface area (Å²) >= 11 is 5.10. The Morgan fingerprint density at radius 3 is 2.37 bits per heavy atom. The monoisotopic (exact) mass is 336 g/mol. The van der Waals surface area contributed by atoms with Gasteiger partial charge in [-0.2, -0.15) is 0 Å². The summed E-state index contributed by atoms with van der Waals surface area (Å²) in [5, 5.41) is 1.21. The molecule has 0 amide bonds. The van der Waals surface area contributed by atoms with Gasteiger partial charge in [-0.1, -0.05) is 41.6 Å². The van der Waals surface area contributed by atoms with Crippen molar-refractivity contribution >= 4 is 27.7 Å². The molecule has 0 fully saturated rings.